The van der Waals surface area contributed by atoms with E-state index in [9.17, 15) is 10.0 Å². The molecule has 3 rings (SSSR count). The van der Waals surface area contributed by atoms with E-state index in [0.717, 1.165) is 5.56 Å². The van der Waals surface area contributed by atoms with E-state index >= 15 is 0 Å². The van der Waals surface area contributed by atoms with Gasteiger partial charge in [0.2, 0.25) is 5.91 Å². The molecule has 1 aromatic heterocycles. The predicted octanol–water partition coefficient (Wildman–Crippen LogP) is 3.12. The van der Waals surface area contributed by atoms with Crippen molar-refractivity contribution in [3.63, 3.8) is 0 Å². The van der Waals surface area contributed by atoms with Gasteiger partial charge in [-0.05, 0) is 17.7 Å². The molecule has 164 valence electrons. The zero-order chi connectivity index (χ0) is 22.3. The van der Waals surface area contributed by atoms with Crippen molar-refractivity contribution in [3.05, 3.63) is 94.5 Å². The number of amides is 1. The Bertz CT molecular complexity index is 955. The Kier molecular flexibility index (Phi) is 7.83. The number of halogens is 2. The van der Waals surface area contributed by atoms with E-state index in [2.05, 4.69) is 0 Å². The van der Waals surface area contributed by atoms with Crippen LogP contribution in [0.25, 0.3) is 0 Å². The molecule has 7 nitrogen and oxygen atoms in total. The number of aromatic nitrogens is 1. The van der Waals surface area contributed by atoms with E-state index in [1.54, 1.807) is 29.1 Å². The number of rotatable bonds is 9. The van der Waals surface area contributed by atoms with Gasteiger partial charge in [0.15, 0.2) is 12.4 Å². The first-order chi connectivity index (χ1) is 15.0. The van der Waals surface area contributed by atoms with E-state index in [0.29, 0.717) is 6.61 Å². The topological polar surface area (TPSA) is 83.7 Å². The fourth-order valence-corrected chi connectivity index (χ4v) is 4.28. The van der Waals surface area contributed by atoms with Gasteiger partial charge in [-0.15, -0.1) is 0 Å². The molecule has 1 aromatic carbocycles. The second-order valence-corrected chi connectivity index (χ2v) is 7.65. The summed E-state index contributed by atoms with van der Waals surface area (Å²) in [5, 5.41) is 9.24. The molecule has 1 aliphatic carbocycles. The van der Waals surface area contributed by atoms with E-state index in [1.165, 1.54) is 24.7 Å². The maximum atomic E-state index is 12.0. The van der Waals surface area contributed by atoms with Crippen LogP contribution in [0, 0.1) is 5.21 Å². The average Bonchev–Trinajstić information content (AvgIpc) is 2.79. The third-order valence-electron chi connectivity index (χ3n) is 4.79. The van der Waals surface area contributed by atoms with Crippen molar-refractivity contribution >= 4 is 29.1 Å². The Morgan fingerprint density at radius 1 is 1.13 bits per heavy atom. The molecule has 0 aliphatic heterocycles. The molecular weight excluding hydrogens is 443 g/mol. The highest BCUT2D eigenvalue weighted by Crippen LogP contribution is 2.46. The lowest BCUT2D eigenvalue weighted by atomic mass is 9.94. The molecule has 2 unspecified atom stereocenters. The number of benzene rings is 1. The number of hydrogen-bond donors (Lipinski definition) is 1. The van der Waals surface area contributed by atoms with Crippen LogP contribution in [-0.2, 0) is 31.3 Å². The SMILES string of the molecule is COC1([n+]2ccccc2)C(Cl)=CC(C(=O)N[O-])=CC1(Cl)OCCOCc1ccccc1. The van der Waals surface area contributed by atoms with Gasteiger partial charge in [-0.3, -0.25) is 4.79 Å². The maximum absolute atomic E-state index is 12.0. The molecule has 1 amide bonds. The van der Waals surface area contributed by atoms with Gasteiger partial charge >= 0.3 is 5.72 Å². The van der Waals surface area contributed by atoms with Crippen LogP contribution in [0.1, 0.15) is 5.56 Å². The molecule has 2 atom stereocenters. The Balaban J connectivity index is 1.84. The molecule has 0 radical (unpaired) electrons. The number of carbonyl (C=O) groups is 1. The van der Waals surface area contributed by atoms with Crippen LogP contribution in [0.5, 0.6) is 0 Å². The van der Waals surface area contributed by atoms with Crippen molar-refractivity contribution in [2.75, 3.05) is 20.3 Å². The zero-order valence-electron chi connectivity index (χ0n) is 16.8. The van der Waals surface area contributed by atoms with Crippen molar-refractivity contribution in [1.29, 1.82) is 0 Å². The van der Waals surface area contributed by atoms with Gasteiger partial charge < -0.3 is 24.9 Å². The van der Waals surface area contributed by atoms with Gasteiger partial charge in [0, 0.05) is 24.8 Å². The lowest BCUT2D eigenvalue weighted by Crippen LogP contribution is -2.69. The smallest absolute Gasteiger partial charge is 0.357 e. The molecule has 0 fully saturated rings. The first kappa shape index (κ1) is 23.4. The first-order valence-corrected chi connectivity index (χ1v) is 10.2. The van der Waals surface area contributed by atoms with E-state index in [1.807, 2.05) is 36.4 Å². The van der Waals surface area contributed by atoms with Crippen molar-refractivity contribution in [2.45, 2.75) is 17.4 Å². The van der Waals surface area contributed by atoms with Crippen LogP contribution in [0.2, 0.25) is 0 Å². The van der Waals surface area contributed by atoms with Crippen LogP contribution in [-0.4, -0.2) is 31.3 Å². The minimum Gasteiger partial charge on any atom is -0.759 e. The molecule has 1 N–H and O–H groups in total. The quantitative estimate of drug-likeness (QED) is 0.266. The summed E-state index contributed by atoms with van der Waals surface area (Å²) in [5.41, 5.74) is 0.784. The molecular formula is C22H22Cl2N2O5. The van der Waals surface area contributed by atoms with Gasteiger partial charge in [-0.2, -0.15) is 4.57 Å². The Morgan fingerprint density at radius 2 is 1.81 bits per heavy atom. The van der Waals surface area contributed by atoms with Gasteiger partial charge in [0.05, 0.1) is 19.8 Å². The van der Waals surface area contributed by atoms with Crippen LogP contribution in [0.3, 0.4) is 0 Å². The Morgan fingerprint density at radius 3 is 2.45 bits per heavy atom. The van der Waals surface area contributed by atoms with Crippen LogP contribution >= 0.6 is 23.2 Å². The molecule has 1 aliphatic rings. The van der Waals surface area contributed by atoms with Crippen LogP contribution in [0.4, 0.5) is 0 Å². The predicted molar refractivity (Wildman–Crippen MR) is 116 cm³/mol. The van der Waals surface area contributed by atoms with Crippen molar-refractivity contribution < 1.29 is 23.6 Å². The maximum Gasteiger partial charge on any atom is 0.357 e. The van der Waals surface area contributed by atoms with Crippen molar-refractivity contribution in [3.8, 4) is 0 Å². The second kappa shape index (κ2) is 10.4. The minimum atomic E-state index is -1.75. The third kappa shape index (κ3) is 4.82. The van der Waals surface area contributed by atoms with Crippen molar-refractivity contribution in [1.82, 2.24) is 5.48 Å². The normalized spacial score (nSPS) is 23.1. The van der Waals surface area contributed by atoms with Gasteiger partial charge in [-0.1, -0.05) is 59.6 Å². The Labute approximate surface area is 190 Å². The fourth-order valence-electron chi connectivity index (χ4n) is 3.33. The number of nitrogens with one attached hydrogen (secondary N) is 1. The highest BCUT2D eigenvalue weighted by molar-refractivity contribution is 6.33. The fraction of sp³-hybridized carbons (Fsp3) is 0.273. The molecule has 31 heavy (non-hydrogen) atoms. The molecule has 0 saturated heterocycles. The molecule has 0 saturated carbocycles. The number of alkyl halides is 1. The number of methoxy groups -OCH3 is 1. The summed E-state index contributed by atoms with van der Waals surface area (Å²) in [6, 6.07) is 15.1. The lowest BCUT2D eigenvalue weighted by Gasteiger charge is -2.40. The third-order valence-corrected chi connectivity index (χ3v) is 5.63. The highest BCUT2D eigenvalue weighted by Gasteiger charge is 2.64. The highest BCUT2D eigenvalue weighted by atomic mass is 35.5. The lowest BCUT2D eigenvalue weighted by molar-refractivity contribution is -0.806. The van der Waals surface area contributed by atoms with E-state index in [-0.39, 0.29) is 23.8 Å². The molecule has 0 bridgehead atoms. The number of carbonyl (C=O) groups excluding carboxylic acids is 1. The Hall–Kier alpha value is -2.26. The summed E-state index contributed by atoms with van der Waals surface area (Å²) >= 11 is 13.5. The van der Waals surface area contributed by atoms with Crippen LogP contribution in [0.15, 0.2) is 83.7 Å². The first-order valence-electron chi connectivity index (χ1n) is 9.46. The zero-order valence-corrected chi connectivity index (χ0v) is 18.3. The largest absolute Gasteiger partial charge is 0.759 e. The number of hydrogen-bond acceptors (Lipinski definition) is 5. The van der Waals surface area contributed by atoms with E-state index in [4.69, 9.17) is 37.4 Å². The van der Waals surface area contributed by atoms with Gasteiger partial charge in [0.25, 0.3) is 5.06 Å². The van der Waals surface area contributed by atoms with Gasteiger partial charge in [0.1, 0.15) is 5.03 Å². The number of hydroxylamine groups is 1. The monoisotopic (exact) mass is 464 g/mol. The summed E-state index contributed by atoms with van der Waals surface area (Å²) < 4.78 is 19.1. The van der Waals surface area contributed by atoms with Gasteiger partial charge in [-0.25, -0.2) is 0 Å². The second-order valence-electron chi connectivity index (χ2n) is 6.69. The summed E-state index contributed by atoms with van der Waals surface area (Å²) in [5.74, 6) is -0.894. The summed E-state index contributed by atoms with van der Waals surface area (Å²) in [6.07, 6.45) is 6.06. The number of pyridine rings is 1. The van der Waals surface area contributed by atoms with Crippen molar-refractivity contribution in [2.24, 2.45) is 0 Å². The number of nitrogens with zero attached hydrogens (tertiary/aromatic N) is 1. The van der Waals surface area contributed by atoms with E-state index < -0.39 is 16.7 Å². The summed E-state index contributed by atoms with van der Waals surface area (Å²) in [6.45, 7) is 0.700. The average molecular weight is 465 g/mol. The molecule has 0 spiro atoms. The minimum absolute atomic E-state index is 0.0376. The molecule has 1 heterocycles. The van der Waals surface area contributed by atoms with Crippen LogP contribution < -0.4 is 10.0 Å². The molecule has 9 heteroatoms. The standard InChI is InChI=1S/C22H22Cl2N2O5/c1-29-22(26-10-6-3-7-11-26)19(23)14-18(20(27)25-28)15-21(22,24)31-13-12-30-16-17-8-4-2-5-9-17/h2-11,14-15H,12-13,16H2,1H3,(H-,25,27,28). The molecule has 2 aromatic rings. The summed E-state index contributed by atoms with van der Waals surface area (Å²) in [7, 11) is 1.43. The summed E-state index contributed by atoms with van der Waals surface area (Å²) in [4.78, 5) is 12.0. The number of ether oxygens (including phenoxy) is 3.